The Kier molecular flexibility index (Phi) is 6.72. The highest BCUT2D eigenvalue weighted by Crippen LogP contribution is 2.31. The van der Waals surface area contributed by atoms with Gasteiger partial charge in [-0.3, -0.25) is 19.6 Å². The maximum Gasteiger partial charge on any atom is 0.281 e. The summed E-state index contributed by atoms with van der Waals surface area (Å²) >= 11 is 11.5. The molecule has 0 bridgehead atoms. The van der Waals surface area contributed by atoms with Crippen LogP contribution >= 0.6 is 23.8 Å². The number of hydrogen-bond acceptors (Lipinski definition) is 7. The summed E-state index contributed by atoms with van der Waals surface area (Å²) in [4.78, 5) is 24.9. The molecule has 3 aromatic rings. The zero-order chi connectivity index (χ0) is 25.3. The molecule has 0 aliphatic carbocycles. The van der Waals surface area contributed by atoms with Gasteiger partial charge in [-0.25, -0.2) is 4.90 Å². The lowest BCUT2D eigenvalue weighted by Gasteiger charge is -2.12. The van der Waals surface area contributed by atoms with E-state index in [9.17, 15) is 14.9 Å². The number of nitro groups is 1. The van der Waals surface area contributed by atoms with E-state index in [4.69, 9.17) is 33.3 Å². The number of rotatable bonds is 7. The molecule has 1 saturated heterocycles. The summed E-state index contributed by atoms with van der Waals surface area (Å²) in [5.74, 6) is 0.569. The van der Waals surface area contributed by atoms with Crippen LogP contribution in [0.2, 0.25) is 5.02 Å². The SMILES string of the molecule is COc1ccc(/C=C2/NC(=S)N(c3cn(C)nc3C)C2=O)cc1COc1ccc([N+](=O)[O-])cc1Cl. The number of benzene rings is 2. The number of non-ortho nitro benzene ring substituents is 1. The van der Waals surface area contributed by atoms with Crippen molar-refractivity contribution >= 4 is 52.3 Å². The number of nitrogens with one attached hydrogen (secondary N) is 1. The number of aromatic nitrogens is 2. The van der Waals surface area contributed by atoms with Crippen LogP contribution in [0.15, 0.2) is 48.3 Å². The Morgan fingerprint density at radius 3 is 2.63 bits per heavy atom. The molecular weight excluding hydrogens is 494 g/mol. The second kappa shape index (κ2) is 9.72. The number of nitrogens with zero attached hydrogens (tertiary/aromatic N) is 4. The molecule has 2 heterocycles. The first kappa shape index (κ1) is 24.2. The summed E-state index contributed by atoms with van der Waals surface area (Å²) in [7, 11) is 3.31. The average Bonchev–Trinajstić information content (AvgIpc) is 3.28. The van der Waals surface area contributed by atoms with E-state index in [0.29, 0.717) is 39.7 Å². The highest BCUT2D eigenvalue weighted by Gasteiger charge is 2.34. The summed E-state index contributed by atoms with van der Waals surface area (Å²) in [6, 6.07) is 9.34. The van der Waals surface area contributed by atoms with Crippen molar-refractivity contribution in [2.24, 2.45) is 7.05 Å². The lowest BCUT2D eigenvalue weighted by Crippen LogP contribution is -2.30. The maximum absolute atomic E-state index is 13.1. The fourth-order valence-electron chi connectivity index (χ4n) is 3.60. The fraction of sp³-hybridized carbons (Fsp3) is 0.174. The van der Waals surface area contributed by atoms with Crippen LogP contribution in [0.3, 0.4) is 0 Å². The number of aryl methyl sites for hydroxylation is 2. The van der Waals surface area contributed by atoms with E-state index in [0.717, 1.165) is 0 Å². The van der Waals surface area contributed by atoms with Crippen LogP contribution in [-0.2, 0) is 18.4 Å². The van der Waals surface area contributed by atoms with Gasteiger partial charge in [-0.2, -0.15) is 5.10 Å². The number of nitro benzene ring substituents is 1. The predicted molar refractivity (Wildman–Crippen MR) is 135 cm³/mol. The summed E-state index contributed by atoms with van der Waals surface area (Å²) in [6.07, 6.45) is 3.42. The van der Waals surface area contributed by atoms with Gasteiger partial charge in [0.05, 0.1) is 28.4 Å². The molecule has 0 atom stereocenters. The number of anilines is 1. The predicted octanol–water partition coefficient (Wildman–Crippen LogP) is 4.14. The standard InChI is InChI=1S/C23H20ClN5O5S/c1-13-19(11-27(2)26-13)28-22(30)18(25-23(28)35)9-14-4-6-20(33-3)15(8-14)12-34-21-7-5-16(29(31)32)10-17(21)24/h4-11H,12H2,1-3H3,(H,25,35)/b18-9+. The third kappa shape index (κ3) is 4.96. The minimum Gasteiger partial charge on any atom is -0.496 e. The van der Waals surface area contributed by atoms with Crippen molar-refractivity contribution in [3.05, 3.63) is 80.2 Å². The van der Waals surface area contributed by atoms with Gasteiger partial charge in [0.1, 0.15) is 23.8 Å². The molecule has 1 aliphatic rings. The summed E-state index contributed by atoms with van der Waals surface area (Å²) in [5.41, 5.74) is 2.87. The molecule has 35 heavy (non-hydrogen) atoms. The Morgan fingerprint density at radius 2 is 2.00 bits per heavy atom. The molecule has 0 unspecified atom stereocenters. The lowest BCUT2D eigenvalue weighted by atomic mass is 10.1. The Labute approximate surface area is 210 Å². The molecule has 1 aliphatic heterocycles. The third-order valence-electron chi connectivity index (χ3n) is 5.23. The third-order valence-corrected chi connectivity index (χ3v) is 5.81. The van der Waals surface area contributed by atoms with Crippen LogP contribution in [0, 0.1) is 17.0 Å². The fourth-order valence-corrected chi connectivity index (χ4v) is 4.12. The van der Waals surface area contributed by atoms with Crippen LogP contribution < -0.4 is 19.7 Å². The van der Waals surface area contributed by atoms with Crippen molar-refractivity contribution in [3.63, 3.8) is 0 Å². The average molecular weight is 514 g/mol. The van der Waals surface area contributed by atoms with Crippen LogP contribution in [0.1, 0.15) is 16.8 Å². The highest BCUT2D eigenvalue weighted by atomic mass is 35.5. The summed E-state index contributed by atoms with van der Waals surface area (Å²) < 4.78 is 12.8. The minimum atomic E-state index is -0.531. The Morgan fingerprint density at radius 1 is 1.26 bits per heavy atom. The van der Waals surface area contributed by atoms with E-state index in [1.165, 1.54) is 30.2 Å². The first-order valence-corrected chi connectivity index (χ1v) is 11.1. The van der Waals surface area contributed by atoms with E-state index >= 15 is 0 Å². The molecule has 1 N–H and O–H groups in total. The molecule has 1 fully saturated rings. The maximum atomic E-state index is 13.1. The number of methoxy groups -OCH3 is 1. The topological polar surface area (TPSA) is 112 Å². The molecule has 180 valence electrons. The van der Waals surface area contributed by atoms with Crippen molar-refractivity contribution in [1.82, 2.24) is 15.1 Å². The molecule has 10 nitrogen and oxygen atoms in total. The molecule has 12 heteroatoms. The van der Waals surface area contributed by atoms with Crippen LogP contribution in [-0.4, -0.2) is 32.8 Å². The van der Waals surface area contributed by atoms with Gasteiger partial charge in [-0.05, 0) is 49.0 Å². The van der Waals surface area contributed by atoms with Crippen molar-refractivity contribution in [2.45, 2.75) is 13.5 Å². The zero-order valence-electron chi connectivity index (χ0n) is 18.9. The largest absolute Gasteiger partial charge is 0.496 e. The normalized spacial score (nSPS) is 14.4. The molecule has 1 amide bonds. The summed E-state index contributed by atoms with van der Waals surface area (Å²) in [5, 5.41) is 18.5. The molecule has 2 aromatic carbocycles. The van der Waals surface area contributed by atoms with Crippen molar-refractivity contribution in [2.75, 3.05) is 12.0 Å². The highest BCUT2D eigenvalue weighted by molar-refractivity contribution is 7.80. The number of amides is 1. The Bertz CT molecular complexity index is 1390. The van der Waals surface area contributed by atoms with Gasteiger partial charge in [0.15, 0.2) is 5.11 Å². The van der Waals surface area contributed by atoms with Crippen LogP contribution in [0.25, 0.3) is 6.08 Å². The van der Waals surface area contributed by atoms with Crippen LogP contribution in [0.4, 0.5) is 11.4 Å². The van der Waals surface area contributed by atoms with Gasteiger partial charge < -0.3 is 14.8 Å². The molecule has 1 aromatic heterocycles. The van der Waals surface area contributed by atoms with Crippen molar-refractivity contribution in [1.29, 1.82) is 0 Å². The molecule has 0 radical (unpaired) electrons. The van der Waals surface area contributed by atoms with E-state index < -0.39 is 4.92 Å². The number of thiocarbonyl (C=S) groups is 1. The monoisotopic (exact) mass is 513 g/mol. The van der Waals surface area contributed by atoms with Gasteiger partial charge in [-0.1, -0.05) is 17.7 Å². The van der Waals surface area contributed by atoms with E-state index in [2.05, 4.69) is 10.4 Å². The van der Waals surface area contributed by atoms with Gasteiger partial charge in [0.2, 0.25) is 0 Å². The van der Waals surface area contributed by atoms with Gasteiger partial charge >= 0.3 is 0 Å². The minimum absolute atomic E-state index is 0.0819. The van der Waals surface area contributed by atoms with Crippen molar-refractivity contribution < 1.29 is 19.2 Å². The Balaban J connectivity index is 1.57. The second-order valence-corrected chi connectivity index (χ2v) is 8.43. The zero-order valence-corrected chi connectivity index (χ0v) is 20.5. The quantitative estimate of drug-likeness (QED) is 0.217. The molecule has 0 spiro atoms. The number of ether oxygens (including phenoxy) is 2. The number of hydrogen-bond donors (Lipinski definition) is 1. The number of halogens is 1. The molecule has 0 saturated carbocycles. The van der Waals surface area contributed by atoms with Crippen LogP contribution in [0.5, 0.6) is 11.5 Å². The molecule has 4 rings (SSSR count). The molecular formula is C23H20ClN5O5S. The lowest BCUT2D eigenvalue weighted by molar-refractivity contribution is -0.384. The second-order valence-electron chi connectivity index (χ2n) is 7.63. The van der Waals surface area contributed by atoms with Crippen molar-refractivity contribution in [3.8, 4) is 11.5 Å². The first-order valence-electron chi connectivity index (χ1n) is 10.3. The van der Waals surface area contributed by atoms with E-state index in [1.807, 2.05) is 0 Å². The summed E-state index contributed by atoms with van der Waals surface area (Å²) in [6.45, 7) is 1.89. The van der Waals surface area contributed by atoms with Gasteiger partial charge in [-0.15, -0.1) is 0 Å². The van der Waals surface area contributed by atoms with E-state index in [1.54, 1.807) is 49.1 Å². The number of carbonyl (C=O) groups excluding carboxylic acids is 1. The van der Waals surface area contributed by atoms with Gasteiger partial charge in [0.25, 0.3) is 11.6 Å². The van der Waals surface area contributed by atoms with Gasteiger partial charge in [0, 0.05) is 30.9 Å². The smallest absolute Gasteiger partial charge is 0.281 e. The Hall–Kier alpha value is -3.96. The van der Waals surface area contributed by atoms with E-state index in [-0.39, 0.29) is 28.3 Å². The first-order chi connectivity index (χ1) is 16.7. The number of carbonyl (C=O) groups is 1.